The molecule has 0 spiro atoms. The van der Waals surface area contributed by atoms with Crippen LogP contribution in [-0.2, 0) is 0 Å². The third-order valence-corrected chi connectivity index (χ3v) is 1.37. The standard InChI is InChI=1S/C9H21N3/c1-7(2)5-11-9(10)12-6-8(3)4/h7-8H,5-6H2,1-4H3,(H3,10,11,12). The molecule has 3 heteroatoms. The molecule has 3 N–H and O–H groups in total. The SMILES string of the molecule is CC(C)CNC(=N)NCC(C)C. The van der Waals surface area contributed by atoms with E-state index in [1.807, 2.05) is 0 Å². The highest BCUT2D eigenvalue weighted by Crippen LogP contribution is 1.88. The fourth-order valence-electron chi connectivity index (χ4n) is 0.675. The average molecular weight is 171 g/mol. The van der Waals surface area contributed by atoms with E-state index >= 15 is 0 Å². The molecule has 0 aliphatic rings. The first-order valence-corrected chi connectivity index (χ1v) is 4.58. The van der Waals surface area contributed by atoms with Gasteiger partial charge >= 0.3 is 0 Å². The molecule has 0 bridgehead atoms. The van der Waals surface area contributed by atoms with Crippen molar-refractivity contribution in [1.29, 1.82) is 5.41 Å². The zero-order valence-electron chi connectivity index (χ0n) is 8.57. The van der Waals surface area contributed by atoms with E-state index in [0.717, 1.165) is 13.1 Å². The number of guanidine groups is 1. The lowest BCUT2D eigenvalue weighted by Gasteiger charge is -2.13. The highest BCUT2D eigenvalue weighted by Gasteiger charge is 1.98. The molecule has 0 aromatic heterocycles. The van der Waals surface area contributed by atoms with Crippen molar-refractivity contribution in [2.45, 2.75) is 27.7 Å². The molecule has 0 fully saturated rings. The summed E-state index contributed by atoms with van der Waals surface area (Å²) in [4.78, 5) is 0. The molecular weight excluding hydrogens is 150 g/mol. The maximum atomic E-state index is 7.45. The van der Waals surface area contributed by atoms with Crippen LogP contribution in [-0.4, -0.2) is 19.0 Å². The molecule has 0 amide bonds. The van der Waals surface area contributed by atoms with Gasteiger partial charge in [0.05, 0.1) is 0 Å². The van der Waals surface area contributed by atoms with Crippen LogP contribution in [0.1, 0.15) is 27.7 Å². The first-order chi connectivity index (χ1) is 5.52. The highest BCUT2D eigenvalue weighted by molar-refractivity contribution is 5.76. The predicted molar refractivity (Wildman–Crippen MR) is 53.4 cm³/mol. The second-order valence-corrected chi connectivity index (χ2v) is 3.92. The molecule has 0 aliphatic carbocycles. The molecule has 0 aromatic carbocycles. The van der Waals surface area contributed by atoms with Crippen LogP contribution in [0.3, 0.4) is 0 Å². The predicted octanol–water partition coefficient (Wildman–Crippen LogP) is 1.41. The van der Waals surface area contributed by atoms with Crippen LogP contribution in [0.5, 0.6) is 0 Å². The van der Waals surface area contributed by atoms with Gasteiger partial charge in [-0.15, -0.1) is 0 Å². The second-order valence-electron chi connectivity index (χ2n) is 3.92. The quantitative estimate of drug-likeness (QED) is 0.442. The van der Waals surface area contributed by atoms with Crippen molar-refractivity contribution in [1.82, 2.24) is 10.6 Å². The molecule has 3 nitrogen and oxygen atoms in total. The van der Waals surface area contributed by atoms with E-state index in [2.05, 4.69) is 38.3 Å². The second kappa shape index (κ2) is 5.86. The lowest BCUT2D eigenvalue weighted by atomic mass is 10.2. The summed E-state index contributed by atoms with van der Waals surface area (Å²) >= 11 is 0. The van der Waals surface area contributed by atoms with Gasteiger partial charge in [-0.2, -0.15) is 0 Å². The third kappa shape index (κ3) is 7.38. The smallest absolute Gasteiger partial charge is 0.188 e. The Bertz CT molecular complexity index is 116. The molecule has 0 aromatic rings. The Hall–Kier alpha value is -0.730. The molecule has 0 unspecified atom stereocenters. The molecule has 0 saturated heterocycles. The Morgan fingerprint density at radius 2 is 1.33 bits per heavy atom. The van der Waals surface area contributed by atoms with E-state index in [9.17, 15) is 0 Å². The van der Waals surface area contributed by atoms with Crippen LogP contribution in [0.2, 0.25) is 0 Å². The van der Waals surface area contributed by atoms with Gasteiger partial charge in [-0.1, -0.05) is 27.7 Å². The van der Waals surface area contributed by atoms with Crippen molar-refractivity contribution in [2.75, 3.05) is 13.1 Å². The summed E-state index contributed by atoms with van der Waals surface area (Å²) in [5.41, 5.74) is 0. The monoisotopic (exact) mass is 171 g/mol. The van der Waals surface area contributed by atoms with Crippen LogP contribution < -0.4 is 10.6 Å². The van der Waals surface area contributed by atoms with E-state index in [-0.39, 0.29) is 0 Å². The molecule has 0 rings (SSSR count). The Morgan fingerprint density at radius 1 is 1.00 bits per heavy atom. The van der Waals surface area contributed by atoms with Gasteiger partial charge in [-0.05, 0) is 11.8 Å². The zero-order chi connectivity index (χ0) is 9.56. The van der Waals surface area contributed by atoms with Crippen molar-refractivity contribution in [3.05, 3.63) is 0 Å². The van der Waals surface area contributed by atoms with Crippen LogP contribution >= 0.6 is 0 Å². The van der Waals surface area contributed by atoms with E-state index in [1.54, 1.807) is 0 Å². The molecule has 12 heavy (non-hydrogen) atoms. The van der Waals surface area contributed by atoms with Gasteiger partial charge in [0, 0.05) is 13.1 Å². The third-order valence-electron chi connectivity index (χ3n) is 1.37. The summed E-state index contributed by atoms with van der Waals surface area (Å²) in [5, 5.41) is 13.5. The molecule has 0 heterocycles. The number of hydrogen-bond acceptors (Lipinski definition) is 1. The van der Waals surface area contributed by atoms with Gasteiger partial charge in [-0.3, -0.25) is 5.41 Å². The Morgan fingerprint density at radius 3 is 1.58 bits per heavy atom. The van der Waals surface area contributed by atoms with E-state index in [0.29, 0.717) is 17.8 Å². The minimum absolute atomic E-state index is 0.442. The Kier molecular flexibility index (Phi) is 5.51. The van der Waals surface area contributed by atoms with Crippen LogP contribution in [0.25, 0.3) is 0 Å². The highest BCUT2D eigenvalue weighted by atomic mass is 15.1. The van der Waals surface area contributed by atoms with Gasteiger partial charge in [0.2, 0.25) is 0 Å². The zero-order valence-corrected chi connectivity index (χ0v) is 8.57. The topological polar surface area (TPSA) is 47.9 Å². The lowest BCUT2D eigenvalue weighted by molar-refractivity contribution is 0.587. The summed E-state index contributed by atoms with van der Waals surface area (Å²) in [6.45, 7) is 10.2. The Labute approximate surface area is 75.4 Å². The fraction of sp³-hybridized carbons (Fsp3) is 0.889. The van der Waals surface area contributed by atoms with Crippen molar-refractivity contribution < 1.29 is 0 Å². The van der Waals surface area contributed by atoms with Crippen molar-refractivity contribution >= 4 is 5.96 Å². The Balaban J connectivity index is 3.34. The number of hydrogen-bond donors (Lipinski definition) is 3. The summed E-state index contributed by atoms with van der Waals surface area (Å²) in [5.74, 6) is 1.62. The van der Waals surface area contributed by atoms with Gasteiger partial charge in [-0.25, -0.2) is 0 Å². The first kappa shape index (κ1) is 11.3. The van der Waals surface area contributed by atoms with Crippen LogP contribution in [0.15, 0.2) is 0 Å². The van der Waals surface area contributed by atoms with E-state index in [4.69, 9.17) is 5.41 Å². The molecule has 72 valence electrons. The minimum Gasteiger partial charge on any atom is -0.356 e. The first-order valence-electron chi connectivity index (χ1n) is 4.58. The molecule has 0 saturated carbocycles. The molecule has 0 aliphatic heterocycles. The van der Waals surface area contributed by atoms with Crippen LogP contribution in [0.4, 0.5) is 0 Å². The van der Waals surface area contributed by atoms with Gasteiger partial charge in [0.1, 0.15) is 0 Å². The summed E-state index contributed by atoms with van der Waals surface area (Å²) in [6, 6.07) is 0. The maximum Gasteiger partial charge on any atom is 0.188 e. The van der Waals surface area contributed by atoms with Crippen LogP contribution in [0, 0.1) is 17.2 Å². The largest absolute Gasteiger partial charge is 0.356 e. The number of rotatable bonds is 4. The van der Waals surface area contributed by atoms with Crippen molar-refractivity contribution in [2.24, 2.45) is 11.8 Å². The summed E-state index contributed by atoms with van der Waals surface area (Å²) < 4.78 is 0. The normalized spacial score (nSPS) is 10.5. The lowest BCUT2D eigenvalue weighted by Crippen LogP contribution is -2.39. The number of nitrogens with one attached hydrogen (secondary N) is 3. The van der Waals surface area contributed by atoms with Gasteiger partial charge in [0.15, 0.2) is 5.96 Å². The van der Waals surface area contributed by atoms with E-state index in [1.165, 1.54) is 0 Å². The fourth-order valence-corrected chi connectivity index (χ4v) is 0.675. The van der Waals surface area contributed by atoms with Gasteiger partial charge < -0.3 is 10.6 Å². The summed E-state index contributed by atoms with van der Waals surface area (Å²) in [6.07, 6.45) is 0. The average Bonchev–Trinajstić information content (AvgIpc) is 1.96. The van der Waals surface area contributed by atoms with Gasteiger partial charge in [0.25, 0.3) is 0 Å². The van der Waals surface area contributed by atoms with E-state index < -0.39 is 0 Å². The minimum atomic E-state index is 0.442. The summed E-state index contributed by atoms with van der Waals surface area (Å²) in [7, 11) is 0. The molecular formula is C9H21N3. The maximum absolute atomic E-state index is 7.45. The van der Waals surface area contributed by atoms with Crippen molar-refractivity contribution in [3.8, 4) is 0 Å². The molecule has 0 atom stereocenters. The molecule has 0 radical (unpaired) electrons. The van der Waals surface area contributed by atoms with Crippen molar-refractivity contribution in [3.63, 3.8) is 0 Å².